The van der Waals surface area contributed by atoms with Crippen LogP contribution in [0.5, 0.6) is 0 Å². The van der Waals surface area contributed by atoms with Gasteiger partial charge in [-0.15, -0.1) is 0 Å². The Hall–Kier alpha value is -1.32. The van der Waals surface area contributed by atoms with Gasteiger partial charge >= 0.3 is 0 Å². The topological polar surface area (TPSA) is 55.0 Å². The maximum absolute atomic E-state index is 5.96. The number of aryl methyl sites for hydroxylation is 1. The van der Waals surface area contributed by atoms with Gasteiger partial charge in [0.2, 0.25) is 0 Å². The van der Waals surface area contributed by atoms with Gasteiger partial charge in [0.15, 0.2) is 0 Å². The van der Waals surface area contributed by atoms with E-state index in [1.54, 1.807) is 0 Å². The minimum atomic E-state index is 0.586. The van der Waals surface area contributed by atoms with Crippen LogP contribution in [-0.4, -0.2) is 23.1 Å². The van der Waals surface area contributed by atoms with E-state index < -0.39 is 0 Å². The van der Waals surface area contributed by atoms with E-state index in [4.69, 9.17) is 10.7 Å². The second-order valence-electron chi connectivity index (χ2n) is 6.67. The van der Waals surface area contributed by atoms with Crippen LogP contribution < -0.4 is 10.6 Å². The molecule has 0 atom stereocenters. The van der Waals surface area contributed by atoms with Crippen LogP contribution in [-0.2, 0) is 6.42 Å². The lowest BCUT2D eigenvalue weighted by Gasteiger charge is -2.26. The van der Waals surface area contributed by atoms with Crippen molar-refractivity contribution in [1.82, 2.24) is 9.97 Å². The van der Waals surface area contributed by atoms with Crippen LogP contribution in [0.2, 0.25) is 0 Å². The molecule has 0 aliphatic heterocycles. The van der Waals surface area contributed by atoms with Crippen LogP contribution in [0.15, 0.2) is 6.07 Å². The van der Waals surface area contributed by atoms with E-state index in [1.807, 2.05) is 6.07 Å². The van der Waals surface area contributed by atoms with Gasteiger partial charge in [-0.3, -0.25) is 0 Å². The molecule has 0 radical (unpaired) electrons. The number of nitrogen functional groups attached to an aromatic ring is 1. The molecular weight excluding hydrogens is 260 g/mol. The first-order valence-electron chi connectivity index (χ1n) is 8.30. The Morgan fingerprint density at radius 1 is 1.05 bits per heavy atom. The fourth-order valence-electron chi connectivity index (χ4n) is 2.17. The molecule has 1 heterocycles. The van der Waals surface area contributed by atoms with E-state index in [-0.39, 0.29) is 0 Å². The predicted molar refractivity (Wildman–Crippen MR) is 91.6 cm³/mol. The van der Waals surface area contributed by atoms with Crippen molar-refractivity contribution < 1.29 is 0 Å². The third-order valence-corrected chi connectivity index (χ3v) is 3.53. The van der Waals surface area contributed by atoms with Gasteiger partial charge in [-0.25, -0.2) is 9.97 Å². The highest BCUT2D eigenvalue weighted by Crippen LogP contribution is 2.18. The van der Waals surface area contributed by atoms with E-state index in [0.29, 0.717) is 17.7 Å². The molecule has 1 aromatic rings. The fourth-order valence-corrected chi connectivity index (χ4v) is 2.17. The lowest BCUT2D eigenvalue weighted by atomic mass is 10.1. The van der Waals surface area contributed by atoms with E-state index in [1.165, 1.54) is 12.8 Å². The first kappa shape index (κ1) is 17.7. The summed E-state index contributed by atoms with van der Waals surface area (Å²) in [6, 6.07) is 1.92. The van der Waals surface area contributed by atoms with E-state index in [0.717, 1.165) is 37.6 Å². The average Bonchev–Trinajstić information content (AvgIpc) is 2.37. The molecule has 4 heteroatoms. The summed E-state index contributed by atoms with van der Waals surface area (Å²) < 4.78 is 0. The molecule has 0 aliphatic rings. The Bertz CT molecular complexity index is 403. The van der Waals surface area contributed by atoms with Crippen LogP contribution in [0.4, 0.5) is 11.6 Å². The maximum Gasteiger partial charge on any atom is 0.134 e. The number of aromatic nitrogens is 2. The molecule has 0 spiro atoms. The van der Waals surface area contributed by atoms with Gasteiger partial charge in [-0.2, -0.15) is 0 Å². The van der Waals surface area contributed by atoms with Crippen LogP contribution in [0, 0.1) is 11.8 Å². The molecular formula is C17H32N4. The Morgan fingerprint density at radius 3 is 2.10 bits per heavy atom. The normalized spacial score (nSPS) is 11.4. The molecule has 4 nitrogen and oxygen atoms in total. The quantitative estimate of drug-likeness (QED) is 0.749. The maximum atomic E-state index is 5.96. The van der Waals surface area contributed by atoms with Gasteiger partial charge in [0.05, 0.1) is 0 Å². The zero-order valence-corrected chi connectivity index (χ0v) is 14.4. The second-order valence-corrected chi connectivity index (χ2v) is 6.67. The number of rotatable bonds is 9. The largest absolute Gasteiger partial charge is 0.384 e. The van der Waals surface area contributed by atoms with Crippen molar-refractivity contribution in [3.63, 3.8) is 0 Å². The van der Waals surface area contributed by atoms with Gasteiger partial charge in [0, 0.05) is 25.6 Å². The van der Waals surface area contributed by atoms with Crippen LogP contribution >= 0.6 is 0 Å². The molecule has 0 saturated carbocycles. The fraction of sp³-hybridized carbons (Fsp3) is 0.765. The highest BCUT2D eigenvalue weighted by Gasteiger charge is 2.12. The first-order valence-corrected chi connectivity index (χ1v) is 8.30. The van der Waals surface area contributed by atoms with Gasteiger partial charge in [-0.1, -0.05) is 34.6 Å². The summed E-state index contributed by atoms with van der Waals surface area (Å²) in [5.41, 5.74) is 5.96. The number of hydrogen-bond acceptors (Lipinski definition) is 4. The molecule has 0 unspecified atom stereocenters. The molecule has 0 fully saturated rings. The molecule has 1 rings (SSSR count). The van der Waals surface area contributed by atoms with Crippen molar-refractivity contribution in [3.8, 4) is 0 Å². The minimum absolute atomic E-state index is 0.586. The molecule has 2 N–H and O–H groups in total. The summed E-state index contributed by atoms with van der Waals surface area (Å²) >= 11 is 0. The van der Waals surface area contributed by atoms with E-state index >= 15 is 0 Å². The number of anilines is 2. The second kappa shape index (κ2) is 8.85. The zero-order valence-electron chi connectivity index (χ0n) is 14.4. The highest BCUT2D eigenvalue weighted by atomic mass is 15.2. The Morgan fingerprint density at radius 2 is 1.62 bits per heavy atom. The number of nitrogens with zero attached hydrogens (tertiary/aromatic N) is 3. The van der Waals surface area contributed by atoms with Gasteiger partial charge in [0.25, 0.3) is 0 Å². The van der Waals surface area contributed by atoms with Crippen LogP contribution in [0.1, 0.15) is 59.7 Å². The van der Waals surface area contributed by atoms with E-state index in [9.17, 15) is 0 Å². The smallest absolute Gasteiger partial charge is 0.134 e. The molecule has 0 amide bonds. The summed E-state index contributed by atoms with van der Waals surface area (Å²) in [7, 11) is 0. The summed E-state index contributed by atoms with van der Waals surface area (Å²) in [6.45, 7) is 13.3. The predicted octanol–water partition coefficient (Wildman–Crippen LogP) is 3.91. The average molecular weight is 292 g/mol. The van der Waals surface area contributed by atoms with Gasteiger partial charge < -0.3 is 10.6 Å². The summed E-state index contributed by atoms with van der Waals surface area (Å²) in [5.74, 6) is 3.84. The number of hydrogen-bond donors (Lipinski definition) is 1. The minimum Gasteiger partial charge on any atom is -0.384 e. The Balaban J connectivity index is 2.88. The molecule has 120 valence electrons. The summed E-state index contributed by atoms with van der Waals surface area (Å²) in [5, 5.41) is 0. The van der Waals surface area contributed by atoms with Gasteiger partial charge in [-0.05, 0) is 31.1 Å². The molecule has 0 aromatic carbocycles. The van der Waals surface area contributed by atoms with Crippen molar-refractivity contribution >= 4 is 11.6 Å². The third-order valence-electron chi connectivity index (χ3n) is 3.53. The standard InChI is InChI=1S/C17H32N4/c1-6-7-16-19-15(18)12-17(20-16)21(10-8-13(2)3)11-9-14(4)5/h12-14H,6-11H2,1-5H3,(H2,18,19,20). The van der Waals surface area contributed by atoms with Crippen molar-refractivity contribution in [2.45, 2.75) is 60.3 Å². The lowest BCUT2D eigenvalue weighted by molar-refractivity contribution is 0.532. The van der Waals surface area contributed by atoms with Crippen LogP contribution in [0.25, 0.3) is 0 Å². The van der Waals surface area contributed by atoms with E-state index in [2.05, 4.69) is 44.5 Å². The molecule has 1 aromatic heterocycles. The van der Waals surface area contributed by atoms with Gasteiger partial charge in [0.1, 0.15) is 17.5 Å². The lowest BCUT2D eigenvalue weighted by Crippen LogP contribution is -2.29. The third kappa shape index (κ3) is 6.78. The van der Waals surface area contributed by atoms with Crippen molar-refractivity contribution in [1.29, 1.82) is 0 Å². The molecule has 0 saturated heterocycles. The molecule has 0 bridgehead atoms. The summed E-state index contributed by atoms with van der Waals surface area (Å²) in [4.78, 5) is 11.4. The highest BCUT2D eigenvalue weighted by molar-refractivity contribution is 5.47. The number of nitrogens with two attached hydrogens (primary N) is 1. The van der Waals surface area contributed by atoms with Crippen molar-refractivity contribution in [2.24, 2.45) is 11.8 Å². The SMILES string of the molecule is CCCc1nc(N)cc(N(CCC(C)C)CCC(C)C)n1. The molecule has 21 heavy (non-hydrogen) atoms. The van der Waals surface area contributed by atoms with Crippen molar-refractivity contribution in [3.05, 3.63) is 11.9 Å². The summed E-state index contributed by atoms with van der Waals surface area (Å²) in [6.07, 6.45) is 4.28. The Kier molecular flexibility index (Phi) is 7.48. The Labute approximate surface area is 130 Å². The monoisotopic (exact) mass is 292 g/mol. The van der Waals surface area contributed by atoms with Crippen molar-refractivity contribution in [2.75, 3.05) is 23.7 Å². The first-order chi connectivity index (χ1) is 9.92. The van der Waals surface area contributed by atoms with Crippen LogP contribution in [0.3, 0.4) is 0 Å². The zero-order chi connectivity index (χ0) is 15.8. The molecule has 0 aliphatic carbocycles.